The van der Waals surface area contributed by atoms with Gasteiger partial charge >= 0.3 is 0 Å². The van der Waals surface area contributed by atoms with E-state index >= 15 is 0 Å². The molecule has 158 valence electrons. The second-order valence-corrected chi connectivity index (χ2v) is 6.72. The van der Waals surface area contributed by atoms with Crippen molar-refractivity contribution in [2.24, 2.45) is 0 Å². The van der Waals surface area contributed by atoms with E-state index in [1.54, 1.807) is 18.5 Å². The van der Waals surface area contributed by atoms with Crippen LogP contribution in [0, 0.1) is 6.92 Å². The molecule has 3 rings (SSSR count). The summed E-state index contributed by atoms with van der Waals surface area (Å²) < 4.78 is 0. The number of nitrogens with zero attached hydrogens (tertiary/aromatic N) is 1. The standard InChI is InChI=1S/C22H24N4O2.CH4O/c1-15-3-5-16(6-4-15)20(11-19-8-10-22(28)26-19)21(23-2)9-7-17(14-27)18-12-24-25-13-18;1-2/h3-7,9,11-14,19,23H,8,10H2,1-2H3,(H,24,25)(H,26,28);2H,1H3/b17-7+,20-11+,21-9-;/t19-;/m1./s1. The number of hydrogen-bond donors (Lipinski definition) is 4. The number of amides is 1. The Morgan fingerprint density at radius 3 is 2.47 bits per heavy atom. The first kappa shape index (κ1) is 22.8. The number of carbonyl (C=O) groups excluding carboxylic acids is 2. The minimum atomic E-state index is -0.0102. The van der Waals surface area contributed by atoms with Gasteiger partial charge in [-0.1, -0.05) is 35.9 Å². The number of rotatable bonds is 7. The molecule has 1 aliphatic heterocycles. The Labute approximate surface area is 176 Å². The Morgan fingerprint density at radius 1 is 1.20 bits per heavy atom. The zero-order chi connectivity index (χ0) is 21.9. The molecule has 1 atom stereocenters. The summed E-state index contributed by atoms with van der Waals surface area (Å²) >= 11 is 0. The van der Waals surface area contributed by atoms with Crippen LogP contribution in [0.1, 0.15) is 29.5 Å². The van der Waals surface area contributed by atoms with Gasteiger partial charge in [-0.25, -0.2) is 0 Å². The highest BCUT2D eigenvalue weighted by atomic mass is 16.2. The topological polar surface area (TPSA) is 107 Å². The molecule has 2 heterocycles. The third-order valence-corrected chi connectivity index (χ3v) is 4.71. The molecular weight excluding hydrogens is 380 g/mol. The van der Waals surface area contributed by atoms with Gasteiger partial charge < -0.3 is 15.7 Å². The van der Waals surface area contributed by atoms with E-state index in [4.69, 9.17) is 5.11 Å². The molecule has 1 saturated heterocycles. The van der Waals surface area contributed by atoms with Crippen molar-refractivity contribution in [3.05, 3.63) is 77.3 Å². The fraction of sp³-hybridized carbons (Fsp3) is 0.261. The molecule has 2 aromatic rings. The molecule has 0 bridgehead atoms. The van der Waals surface area contributed by atoms with Crippen molar-refractivity contribution < 1.29 is 14.7 Å². The molecule has 0 spiro atoms. The van der Waals surface area contributed by atoms with Gasteiger partial charge in [-0.3, -0.25) is 14.7 Å². The molecule has 1 aliphatic rings. The number of carbonyl (C=O) groups is 2. The van der Waals surface area contributed by atoms with Crippen molar-refractivity contribution in [3.8, 4) is 0 Å². The van der Waals surface area contributed by atoms with Crippen LogP contribution in [0.2, 0.25) is 0 Å². The summed E-state index contributed by atoms with van der Waals surface area (Å²) in [6.45, 7) is 2.04. The minimum absolute atomic E-state index is 0.0102. The number of allylic oxidation sites excluding steroid dienone is 4. The van der Waals surface area contributed by atoms with Gasteiger partial charge in [-0.15, -0.1) is 0 Å². The number of aliphatic hydroxyl groups excluding tert-OH is 1. The van der Waals surface area contributed by atoms with Gasteiger partial charge in [-0.05, 0) is 31.1 Å². The van der Waals surface area contributed by atoms with Crippen molar-refractivity contribution in [2.75, 3.05) is 14.2 Å². The molecule has 7 heteroatoms. The highest BCUT2D eigenvalue weighted by Gasteiger charge is 2.20. The number of aliphatic hydroxyl groups is 1. The molecule has 30 heavy (non-hydrogen) atoms. The van der Waals surface area contributed by atoms with E-state index in [1.165, 1.54) is 5.56 Å². The Bertz CT molecular complexity index is 926. The fourth-order valence-electron chi connectivity index (χ4n) is 3.13. The molecule has 1 amide bonds. The van der Waals surface area contributed by atoms with Crippen LogP contribution in [0.3, 0.4) is 0 Å². The van der Waals surface area contributed by atoms with Crippen LogP contribution in [-0.4, -0.2) is 47.7 Å². The minimum Gasteiger partial charge on any atom is -0.400 e. The summed E-state index contributed by atoms with van der Waals surface area (Å²) in [6.07, 6.45) is 11.1. The molecule has 0 unspecified atom stereocenters. The summed E-state index contributed by atoms with van der Waals surface area (Å²) in [5.41, 5.74) is 5.30. The maximum Gasteiger partial charge on any atom is 0.220 e. The zero-order valence-electron chi connectivity index (χ0n) is 17.5. The summed E-state index contributed by atoms with van der Waals surface area (Å²) in [7, 11) is 2.84. The number of H-pyrrole nitrogens is 1. The summed E-state index contributed by atoms with van der Waals surface area (Å²) in [5.74, 6) is 0.0718. The lowest BCUT2D eigenvalue weighted by Gasteiger charge is -2.15. The van der Waals surface area contributed by atoms with Gasteiger partial charge in [-0.2, -0.15) is 5.10 Å². The van der Waals surface area contributed by atoms with Crippen LogP contribution in [0.15, 0.2) is 60.6 Å². The summed E-state index contributed by atoms with van der Waals surface area (Å²) in [4.78, 5) is 23.1. The normalized spacial score (nSPS) is 17.1. The van der Waals surface area contributed by atoms with Crippen LogP contribution in [0.4, 0.5) is 0 Å². The van der Waals surface area contributed by atoms with E-state index in [2.05, 4.69) is 51.2 Å². The Hall–Kier alpha value is -3.45. The number of aryl methyl sites for hydroxylation is 1. The average Bonchev–Trinajstić information content (AvgIpc) is 3.44. The van der Waals surface area contributed by atoms with E-state index in [9.17, 15) is 9.59 Å². The Kier molecular flexibility index (Phi) is 8.77. The Morgan fingerprint density at radius 2 is 1.93 bits per heavy atom. The smallest absolute Gasteiger partial charge is 0.220 e. The van der Waals surface area contributed by atoms with Crippen LogP contribution in [-0.2, 0) is 9.59 Å². The number of hydrogen-bond acceptors (Lipinski definition) is 5. The highest BCUT2D eigenvalue weighted by Crippen LogP contribution is 2.25. The van der Waals surface area contributed by atoms with E-state index in [0.717, 1.165) is 42.2 Å². The van der Waals surface area contributed by atoms with Crippen LogP contribution in [0.5, 0.6) is 0 Å². The van der Waals surface area contributed by atoms with Gasteiger partial charge in [0, 0.05) is 55.2 Å². The van der Waals surface area contributed by atoms with E-state index in [0.29, 0.717) is 12.0 Å². The summed E-state index contributed by atoms with van der Waals surface area (Å²) in [5, 5.41) is 19.8. The van der Waals surface area contributed by atoms with Crippen molar-refractivity contribution in [3.63, 3.8) is 0 Å². The maximum atomic E-state index is 11.6. The first-order valence-electron chi connectivity index (χ1n) is 9.68. The molecule has 0 saturated carbocycles. The van der Waals surface area contributed by atoms with Crippen molar-refractivity contribution >= 4 is 23.3 Å². The lowest BCUT2D eigenvalue weighted by atomic mass is 9.97. The first-order chi connectivity index (χ1) is 14.6. The number of aromatic nitrogens is 2. The summed E-state index contributed by atoms with van der Waals surface area (Å²) in [6, 6.07) is 8.22. The molecule has 1 aromatic carbocycles. The fourth-order valence-corrected chi connectivity index (χ4v) is 3.13. The quantitative estimate of drug-likeness (QED) is 0.320. The van der Waals surface area contributed by atoms with Crippen molar-refractivity contribution in [1.29, 1.82) is 0 Å². The van der Waals surface area contributed by atoms with Gasteiger partial charge in [0.25, 0.3) is 0 Å². The highest BCUT2D eigenvalue weighted by molar-refractivity contribution is 6.07. The lowest BCUT2D eigenvalue weighted by molar-refractivity contribution is -0.119. The lowest BCUT2D eigenvalue weighted by Crippen LogP contribution is -2.24. The van der Waals surface area contributed by atoms with Gasteiger partial charge in [0.05, 0.1) is 6.20 Å². The largest absolute Gasteiger partial charge is 0.400 e. The number of likely N-dealkylation sites (N-methyl/N-ethyl adjacent to an activating group) is 1. The first-order valence-corrected chi connectivity index (χ1v) is 9.68. The van der Waals surface area contributed by atoms with E-state index in [1.807, 2.05) is 20.0 Å². The maximum absolute atomic E-state index is 11.6. The molecule has 1 aromatic heterocycles. The molecule has 4 N–H and O–H groups in total. The van der Waals surface area contributed by atoms with Crippen LogP contribution >= 0.6 is 0 Å². The molecule has 1 fully saturated rings. The molecule has 0 aliphatic carbocycles. The van der Waals surface area contributed by atoms with Crippen molar-refractivity contribution in [2.45, 2.75) is 25.8 Å². The number of benzene rings is 1. The van der Waals surface area contributed by atoms with Gasteiger partial charge in [0.15, 0.2) is 6.29 Å². The predicted octanol–water partition coefficient (Wildman–Crippen LogP) is 2.37. The SMILES string of the molecule is CNC(=C\C=C(/C=O)c1cn[nH]c1)/C(=C/[C@H]1CCC(=O)N1)c1ccc(C)cc1.CO. The number of aromatic amines is 1. The zero-order valence-corrected chi connectivity index (χ0v) is 17.5. The average molecular weight is 409 g/mol. The van der Waals surface area contributed by atoms with Crippen molar-refractivity contribution in [1.82, 2.24) is 20.8 Å². The third kappa shape index (κ3) is 6.02. The second-order valence-electron chi connectivity index (χ2n) is 6.72. The monoisotopic (exact) mass is 408 g/mol. The van der Waals surface area contributed by atoms with Gasteiger partial charge in [0.2, 0.25) is 5.91 Å². The molecule has 7 nitrogen and oxygen atoms in total. The molecular formula is C23H28N4O3. The van der Waals surface area contributed by atoms with E-state index in [-0.39, 0.29) is 11.9 Å². The van der Waals surface area contributed by atoms with Crippen LogP contribution < -0.4 is 10.6 Å². The number of nitrogens with one attached hydrogen (secondary N) is 3. The number of aldehydes is 1. The van der Waals surface area contributed by atoms with Gasteiger partial charge in [0.1, 0.15) is 0 Å². The third-order valence-electron chi connectivity index (χ3n) is 4.71. The van der Waals surface area contributed by atoms with E-state index < -0.39 is 0 Å². The predicted molar refractivity (Wildman–Crippen MR) is 118 cm³/mol. The Balaban J connectivity index is 0.00000155. The molecule has 0 radical (unpaired) electrons. The van der Waals surface area contributed by atoms with Crippen LogP contribution in [0.25, 0.3) is 11.1 Å². The second kappa shape index (κ2) is 11.5.